The molecule has 4 heteroatoms. The standard InChI is InChI=1S/C16H20N2O2/c1-20-15-10-12(11-6-2-3-7-13(11)18-15)16(19)14-8-4-5-9-17-14/h2-3,6-7,10,14,16-17,19H,4-5,8-9H2,1H3. The maximum Gasteiger partial charge on any atom is 0.213 e. The zero-order valence-corrected chi connectivity index (χ0v) is 11.7. The number of pyridine rings is 1. The van der Waals surface area contributed by atoms with Gasteiger partial charge in [0.05, 0.1) is 18.7 Å². The van der Waals surface area contributed by atoms with Crippen LogP contribution in [0.4, 0.5) is 0 Å². The Balaban J connectivity index is 2.04. The van der Waals surface area contributed by atoms with Crippen molar-refractivity contribution in [3.05, 3.63) is 35.9 Å². The van der Waals surface area contributed by atoms with Gasteiger partial charge in [-0.2, -0.15) is 0 Å². The van der Waals surface area contributed by atoms with Crippen molar-refractivity contribution in [3.63, 3.8) is 0 Å². The number of aliphatic hydroxyl groups excluding tert-OH is 1. The fraction of sp³-hybridized carbons (Fsp3) is 0.438. The van der Waals surface area contributed by atoms with Crippen LogP contribution in [0.15, 0.2) is 30.3 Å². The Bertz CT molecular complexity index is 594. The Hall–Kier alpha value is -1.65. The highest BCUT2D eigenvalue weighted by molar-refractivity contribution is 5.83. The Morgan fingerprint density at radius 3 is 2.95 bits per heavy atom. The van der Waals surface area contributed by atoms with Gasteiger partial charge in [0.1, 0.15) is 0 Å². The van der Waals surface area contributed by atoms with Crippen LogP contribution in [0.3, 0.4) is 0 Å². The molecule has 0 radical (unpaired) electrons. The first-order valence-corrected chi connectivity index (χ1v) is 7.14. The minimum Gasteiger partial charge on any atom is -0.481 e. The molecule has 3 rings (SSSR count). The molecule has 106 valence electrons. The van der Waals surface area contributed by atoms with Gasteiger partial charge in [0.25, 0.3) is 0 Å². The fourth-order valence-electron chi connectivity index (χ4n) is 2.89. The van der Waals surface area contributed by atoms with Crippen LogP contribution in [0, 0.1) is 0 Å². The van der Waals surface area contributed by atoms with E-state index in [1.54, 1.807) is 7.11 Å². The first kappa shape index (κ1) is 13.3. The second-order valence-corrected chi connectivity index (χ2v) is 5.27. The summed E-state index contributed by atoms with van der Waals surface area (Å²) in [5, 5.41) is 15.1. The van der Waals surface area contributed by atoms with Crippen molar-refractivity contribution >= 4 is 10.9 Å². The van der Waals surface area contributed by atoms with Crippen LogP contribution >= 0.6 is 0 Å². The number of aliphatic hydroxyl groups is 1. The van der Waals surface area contributed by atoms with Crippen LogP contribution < -0.4 is 10.1 Å². The second kappa shape index (κ2) is 5.77. The number of fused-ring (bicyclic) bond motifs is 1. The summed E-state index contributed by atoms with van der Waals surface area (Å²) in [6, 6.07) is 9.83. The first-order chi connectivity index (χ1) is 9.79. The van der Waals surface area contributed by atoms with Gasteiger partial charge < -0.3 is 15.2 Å². The molecule has 1 saturated heterocycles. The van der Waals surface area contributed by atoms with E-state index in [9.17, 15) is 5.11 Å². The predicted octanol–water partition coefficient (Wildman–Crippen LogP) is 2.42. The number of piperidine rings is 1. The molecule has 2 unspecified atom stereocenters. The number of nitrogens with zero attached hydrogens (tertiary/aromatic N) is 1. The number of methoxy groups -OCH3 is 1. The minimum atomic E-state index is -0.530. The van der Waals surface area contributed by atoms with Crippen molar-refractivity contribution in [2.75, 3.05) is 13.7 Å². The van der Waals surface area contributed by atoms with Crippen LogP contribution in [0.25, 0.3) is 10.9 Å². The zero-order chi connectivity index (χ0) is 13.9. The number of aromatic nitrogens is 1. The van der Waals surface area contributed by atoms with Crippen molar-refractivity contribution < 1.29 is 9.84 Å². The van der Waals surface area contributed by atoms with Gasteiger partial charge in [-0.25, -0.2) is 4.98 Å². The number of hydrogen-bond acceptors (Lipinski definition) is 4. The summed E-state index contributed by atoms with van der Waals surface area (Å²) in [5.41, 5.74) is 1.75. The van der Waals surface area contributed by atoms with Crippen molar-refractivity contribution in [3.8, 4) is 5.88 Å². The molecule has 0 spiro atoms. The smallest absolute Gasteiger partial charge is 0.213 e. The first-order valence-electron chi connectivity index (χ1n) is 7.14. The van der Waals surface area contributed by atoms with E-state index in [-0.39, 0.29) is 6.04 Å². The summed E-state index contributed by atoms with van der Waals surface area (Å²) in [7, 11) is 1.60. The fourth-order valence-corrected chi connectivity index (χ4v) is 2.89. The van der Waals surface area contributed by atoms with E-state index < -0.39 is 6.10 Å². The summed E-state index contributed by atoms with van der Waals surface area (Å²) in [6.45, 7) is 0.974. The molecule has 0 saturated carbocycles. The molecule has 1 aliphatic rings. The van der Waals surface area contributed by atoms with E-state index >= 15 is 0 Å². The second-order valence-electron chi connectivity index (χ2n) is 5.27. The average molecular weight is 272 g/mol. The Kier molecular flexibility index (Phi) is 3.85. The average Bonchev–Trinajstić information content (AvgIpc) is 2.54. The minimum absolute atomic E-state index is 0.110. The van der Waals surface area contributed by atoms with E-state index in [1.165, 1.54) is 6.42 Å². The lowest BCUT2D eigenvalue weighted by atomic mass is 9.93. The van der Waals surface area contributed by atoms with Crippen molar-refractivity contribution in [2.24, 2.45) is 0 Å². The van der Waals surface area contributed by atoms with Gasteiger partial charge in [0.15, 0.2) is 0 Å². The van der Waals surface area contributed by atoms with Crippen molar-refractivity contribution in [2.45, 2.75) is 31.4 Å². The van der Waals surface area contributed by atoms with Crippen molar-refractivity contribution in [1.82, 2.24) is 10.3 Å². The molecule has 0 amide bonds. The lowest BCUT2D eigenvalue weighted by Crippen LogP contribution is -2.38. The normalized spacial score (nSPS) is 20.8. The van der Waals surface area contributed by atoms with E-state index in [2.05, 4.69) is 10.3 Å². The molecule has 4 nitrogen and oxygen atoms in total. The van der Waals surface area contributed by atoms with Gasteiger partial charge in [-0.1, -0.05) is 24.6 Å². The van der Waals surface area contributed by atoms with Crippen LogP contribution in [0.1, 0.15) is 30.9 Å². The lowest BCUT2D eigenvalue weighted by molar-refractivity contribution is 0.115. The zero-order valence-electron chi connectivity index (χ0n) is 11.7. The van der Waals surface area contributed by atoms with Gasteiger partial charge in [-0.15, -0.1) is 0 Å². The van der Waals surface area contributed by atoms with Gasteiger partial charge in [0, 0.05) is 17.5 Å². The molecule has 1 aliphatic heterocycles. The van der Waals surface area contributed by atoms with Gasteiger partial charge in [-0.3, -0.25) is 0 Å². The summed E-state index contributed by atoms with van der Waals surface area (Å²) < 4.78 is 5.26. The summed E-state index contributed by atoms with van der Waals surface area (Å²) in [6.07, 6.45) is 2.82. The topological polar surface area (TPSA) is 54.4 Å². The number of rotatable bonds is 3. The Morgan fingerprint density at radius 1 is 1.35 bits per heavy atom. The molecule has 1 fully saturated rings. The van der Waals surface area contributed by atoms with Gasteiger partial charge in [-0.05, 0) is 31.0 Å². The molecular formula is C16H20N2O2. The van der Waals surface area contributed by atoms with Crippen LogP contribution in [-0.2, 0) is 0 Å². The third-order valence-electron chi connectivity index (χ3n) is 3.98. The number of hydrogen-bond donors (Lipinski definition) is 2. The Labute approximate surface area is 118 Å². The SMILES string of the molecule is COc1cc(C(O)C2CCCCN2)c2ccccc2n1. The third kappa shape index (κ3) is 2.49. The van der Waals surface area contributed by atoms with E-state index in [1.807, 2.05) is 30.3 Å². The number of nitrogens with one attached hydrogen (secondary N) is 1. The molecule has 0 aliphatic carbocycles. The summed E-state index contributed by atoms with van der Waals surface area (Å²) in [5.74, 6) is 0.550. The maximum atomic E-state index is 10.7. The van der Waals surface area contributed by atoms with Gasteiger partial charge in [0.2, 0.25) is 5.88 Å². The summed E-state index contributed by atoms with van der Waals surface area (Å²) >= 11 is 0. The van der Waals surface area contributed by atoms with Gasteiger partial charge >= 0.3 is 0 Å². The number of ether oxygens (including phenoxy) is 1. The molecular weight excluding hydrogens is 252 g/mol. The molecule has 1 aromatic heterocycles. The highest BCUT2D eigenvalue weighted by atomic mass is 16.5. The third-order valence-corrected chi connectivity index (χ3v) is 3.98. The molecule has 2 N–H and O–H groups in total. The van der Waals surface area contributed by atoms with Crippen LogP contribution in [0.2, 0.25) is 0 Å². The lowest BCUT2D eigenvalue weighted by Gasteiger charge is -2.29. The number of benzene rings is 1. The molecule has 2 aromatic rings. The molecule has 2 heterocycles. The van der Waals surface area contributed by atoms with E-state index in [0.717, 1.165) is 35.9 Å². The number of para-hydroxylation sites is 1. The summed E-state index contributed by atoms with van der Waals surface area (Å²) in [4.78, 5) is 4.43. The molecule has 1 aromatic carbocycles. The Morgan fingerprint density at radius 2 is 2.20 bits per heavy atom. The predicted molar refractivity (Wildman–Crippen MR) is 78.9 cm³/mol. The highest BCUT2D eigenvalue weighted by Crippen LogP contribution is 2.30. The van der Waals surface area contributed by atoms with E-state index in [0.29, 0.717) is 5.88 Å². The van der Waals surface area contributed by atoms with E-state index in [4.69, 9.17) is 4.74 Å². The quantitative estimate of drug-likeness (QED) is 0.901. The largest absolute Gasteiger partial charge is 0.481 e. The maximum absolute atomic E-state index is 10.7. The molecule has 0 bridgehead atoms. The van der Waals surface area contributed by atoms with Crippen LogP contribution in [-0.4, -0.2) is 29.8 Å². The monoisotopic (exact) mass is 272 g/mol. The van der Waals surface area contributed by atoms with Crippen LogP contribution in [0.5, 0.6) is 5.88 Å². The molecule has 2 atom stereocenters. The molecule has 20 heavy (non-hydrogen) atoms. The van der Waals surface area contributed by atoms with Crippen molar-refractivity contribution in [1.29, 1.82) is 0 Å². The highest BCUT2D eigenvalue weighted by Gasteiger charge is 2.24.